The zero-order valence-corrected chi connectivity index (χ0v) is 18.1. The number of hydrogen-bond donors (Lipinski definition) is 2. The number of rotatable bonds is 8. The number of nitrogens with zero attached hydrogens (tertiary/aromatic N) is 3. The van der Waals surface area contributed by atoms with Crippen molar-refractivity contribution in [3.8, 4) is 0 Å². The van der Waals surface area contributed by atoms with E-state index < -0.39 is 0 Å². The summed E-state index contributed by atoms with van der Waals surface area (Å²) < 4.78 is 1.79. The number of aryl methyl sites for hydroxylation is 1. The van der Waals surface area contributed by atoms with Crippen molar-refractivity contribution in [2.24, 2.45) is 7.05 Å². The molecule has 0 radical (unpaired) electrons. The van der Waals surface area contributed by atoms with Crippen LogP contribution in [0, 0.1) is 0 Å². The van der Waals surface area contributed by atoms with E-state index in [1.54, 1.807) is 4.57 Å². The Morgan fingerprint density at radius 3 is 2.69 bits per heavy atom. The third-order valence-corrected chi connectivity index (χ3v) is 6.40. The van der Waals surface area contributed by atoms with Crippen molar-refractivity contribution in [3.63, 3.8) is 0 Å². The van der Waals surface area contributed by atoms with E-state index >= 15 is 0 Å². The van der Waals surface area contributed by atoms with Crippen LogP contribution < -0.4 is 10.6 Å². The molecule has 2 N–H and O–H groups in total. The highest BCUT2D eigenvalue weighted by Gasteiger charge is 2.23. The quantitative estimate of drug-likeness (QED) is 0.647. The summed E-state index contributed by atoms with van der Waals surface area (Å²) >= 11 is 1.37. The molecular weight excluding hydrogens is 386 g/mol. The van der Waals surface area contributed by atoms with Crippen LogP contribution in [0.1, 0.15) is 50.9 Å². The minimum Gasteiger partial charge on any atom is -0.352 e. The third kappa shape index (κ3) is 5.59. The Morgan fingerprint density at radius 2 is 1.97 bits per heavy atom. The number of aromatic nitrogens is 3. The third-order valence-electron chi connectivity index (χ3n) is 5.27. The van der Waals surface area contributed by atoms with E-state index in [1.807, 2.05) is 38.2 Å². The molecule has 7 nitrogen and oxygen atoms in total. The zero-order valence-electron chi connectivity index (χ0n) is 17.3. The first-order valence-electron chi connectivity index (χ1n) is 10.2. The molecule has 0 bridgehead atoms. The number of para-hydroxylation sites is 1. The Kier molecular flexibility index (Phi) is 7.30. The van der Waals surface area contributed by atoms with Crippen LogP contribution in [0.3, 0.4) is 0 Å². The molecule has 0 aliphatic heterocycles. The van der Waals surface area contributed by atoms with Gasteiger partial charge in [0.05, 0.1) is 11.7 Å². The van der Waals surface area contributed by atoms with Crippen LogP contribution in [-0.2, 0) is 29.5 Å². The summed E-state index contributed by atoms with van der Waals surface area (Å²) in [4.78, 5) is 24.9. The van der Waals surface area contributed by atoms with Gasteiger partial charge in [-0.3, -0.25) is 9.59 Å². The SMILES string of the molecule is CCc1ccccc1NC(=O)Cc1nnc(SC(C)C(=O)NC2CCCC2)n1C. The number of carbonyl (C=O) groups is 2. The van der Waals surface area contributed by atoms with E-state index in [-0.39, 0.29) is 23.5 Å². The molecule has 2 amide bonds. The molecule has 1 atom stereocenters. The minimum absolute atomic E-state index is 0.0281. The molecule has 29 heavy (non-hydrogen) atoms. The lowest BCUT2D eigenvalue weighted by atomic mass is 10.1. The summed E-state index contributed by atoms with van der Waals surface area (Å²) in [5, 5.41) is 14.8. The lowest BCUT2D eigenvalue weighted by Crippen LogP contribution is -2.37. The van der Waals surface area contributed by atoms with Gasteiger partial charge in [-0.15, -0.1) is 10.2 Å². The highest BCUT2D eigenvalue weighted by atomic mass is 32.2. The lowest BCUT2D eigenvalue weighted by molar-refractivity contribution is -0.121. The first-order chi connectivity index (χ1) is 14.0. The average Bonchev–Trinajstić information content (AvgIpc) is 3.33. The fourth-order valence-electron chi connectivity index (χ4n) is 3.49. The highest BCUT2D eigenvalue weighted by Crippen LogP contribution is 2.24. The Morgan fingerprint density at radius 1 is 1.24 bits per heavy atom. The normalized spacial score (nSPS) is 15.3. The second kappa shape index (κ2) is 9.91. The van der Waals surface area contributed by atoms with E-state index in [0.29, 0.717) is 17.0 Å². The van der Waals surface area contributed by atoms with Gasteiger partial charge in [0.1, 0.15) is 5.82 Å². The van der Waals surface area contributed by atoms with Gasteiger partial charge in [-0.1, -0.05) is 49.7 Å². The van der Waals surface area contributed by atoms with Gasteiger partial charge in [0.15, 0.2) is 5.16 Å². The van der Waals surface area contributed by atoms with Crippen molar-refractivity contribution >= 4 is 29.3 Å². The molecule has 0 saturated heterocycles. The number of hydrogen-bond acceptors (Lipinski definition) is 5. The first kappa shape index (κ1) is 21.4. The first-order valence-corrected chi connectivity index (χ1v) is 11.1. The van der Waals surface area contributed by atoms with Crippen LogP contribution in [0.25, 0.3) is 0 Å². The molecule has 1 aliphatic carbocycles. The van der Waals surface area contributed by atoms with Gasteiger partial charge in [-0.2, -0.15) is 0 Å². The second-order valence-electron chi connectivity index (χ2n) is 7.44. The molecule has 156 valence electrons. The van der Waals surface area contributed by atoms with E-state index in [9.17, 15) is 9.59 Å². The standard InChI is InChI=1S/C21H29N5O2S/c1-4-15-9-5-8-12-17(15)23-19(27)13-18-24-25-21(26(18)3)29-14(2)20(28)22-16-10-6-7-11-16/h5,8-9,12,14,16H,4,6-7,10-11,13H2,1-3H3,(H,22,28)(H,23,27). The van der Waals surface area contributed by atoms with E-state index in [0.717, 1.165) is 30.5 Å². The van der Waals surface area contributed by atoms with Gasteiger partial charge in [0, 0.05) is 18.8 Å². The number of nitrogens with one attached hydrogen (secondary N) is 2. The number of amides is 2. The summed E-state index contributed by atoms with van der Waals surface area (Å²) in [6.45, 7) is 3.93. The van der Waals surface area contributed by atoms with Crippen molar-refractivity contribution in [2.45, 2.75) is 68.8 Å². The predicted molar refractivity (Wildman–Crippen MR) is 115 cm³/mol. The fraction of sp³-hybridized carbons (Fsp3) is 0.524. The average molecular weight is 416 g/mol. The molecule has 8 heteroatoms. The van der Waals surface area contributed by atoms with E-state index in [4.69, 9.17) is 0 Å². The molecule has 1 heterocycles. The van der Waals surface area contributed by atoms with Crippen molar-refractivity contribution in [2.75, 3.05) is 5.32 Å². The van der Waals surface area contributed by atoms with Crippen molar-refractivity contribution in [1.29, 1.82) is 0 Å². The van der Waals surface area contributed by atoms with Crippen LogP contribution in [0.5, 0.6) is 0 Å². The number of carbonyl (C=O) groups excluding carboxylic acids is 2. The Hall–Kier alpha value is -2.35. The maximum absolute atomic E-state index is 12.5. The molecule has 1 fully saturated rings. The summed E-state index contributed by atoms with van der Waals surface area (Å²) in [5.41, 5.74) is 1.92. The molecular formula is C21H29N5O2S. The monoisotopic (exact) mass is 415 g/mol. The van der Waals surface area contributed by atoms with Crippen molar-refractivity contribution < 1.29 is 9.59 Å². The molecule has 1 aromatic carbocycles. The Labute approximate surface area is 176 Å². The fourth-order valence-corrected chi connectivity index (χ4v) is 4.33. The molecule has 2 aromatic rings. The Balaban J connectivity index is 1.57. The largest absolute Gasteiger partial charge is 0.352 e. The smallest absolute Gasteiger partial charge is 0.233 e. The molecule has 1 saturated carbocycles. The van der Waals surface area contributed by atoms with Gasteiger partial charge < -0.3 is 15.2 Å². The molecule has 1 aliphatic rings. The summed E-state index contributed by atoms with van der Waals surface area (Å²) in [6, 6.07) is 8.08. The molecule has 3 rings (SSSR count). The van der Waals surface area contributed by atoms with E-state index in [2.05, 4.69) is 27.8 Å². The van der Waals surface area contributed by atoms with Crippen LogP contribution in [0.4, 0.5) is 5.69 Å². The van der Waals surface area contributed by atoms with Crippen LogP contribution >= 0.6 is 11.8 Å². The molecule has 0 spiro atoms. The van der Waals surface area contributed by atoms with Crippen LogP contribution in [0.15, 0.2) is 29.4 Å². The maximum Gasteiger partial charge on any atom is 0.233 e. The molecule has 1 unspecified atom stereocenters. The van der Waals surface area contributed by atoms with Gasteiger partial charge in [-0.05, 0) is 37.8 Å². The van der Waals surface area contributed by atoms with Crippen LogP contribution in [-0.4, -0.2) is 37.9 Å². The van der Waals surface area contributed by atoms with Gasteiger partial charge in [-0.25, -0.2) is 0 Å². The van der Waals surface area contributed by atoms with E-state index in [1.165, 1.54) is 24.6 Å². The Bertz CT molecular complexity index is 861. The predicted octanol–water partition coefficient (Wildman–Crippen LogP) is 3.10. The number of thioether (sulfide) groups is 1. The van der Waals surface area contributed by atoms with Crippen LogP contribution in [0.2, 0.25) is 0 Å². The second-order valence-corrected chi connectivity index (χ2v) is 8.75. The summed E-state index contributed by atoms with van der Waals surface area (Å²) in [6.07, 6.45) is 5.47. The van der Waals surface area contributed by atoms with Crippen molar-refractivity contribution in [3.05, 3.63) is 35.7 Å². The topological polar surface area (TPSA) is 88.9 Å². The molecule has 1 aromatic heterocycles. The summed E-state index contributed by atoms with van der Waals surface area (Å²) in [5.74, 6) is 0.465. The number of benzene rings is 1. The number of anilines is 1. The zero-order chi connectivity index (χ0) is 20.8. The van der Waals surface area contributed by atoms with Crippen molar-refractivity contribution in [1.82, 2.24) is 20.1 Å². The highest BCUT2D eigenvalue weighted by molar-refractivity contribution is 8.00. The lowest BCUT2D eigenvalue weighted by Gasteiger charge is -2.16. The summed E-state index contributed by atoms with van der Waals surface area (Å²) in [7, 11) is 1.83. The maximum atomic E-state index is 12.5. The van der Waals surface area contributed by atoms with Gasteiger partial charge in [0.25, 0.3) is 0 Å². The van der Waals surface area contributed by atoms with Gasteiger partial charge in [0.2, 0.25) is 11.8 Å². The van der Waals surface area contributed by atoms with Gasteiger partial charge >= 0.3 is 0 Å². The minimum atomic E-state index is -0.267.